The lowest BCUT2D eigenvalue weighted by Gasteiger charge is -2.14. The van der Waals surface area contributed by atoms with Gasteiger partial charge in [0.25, 0.3) is 0 Å². The second-order valence-electron chi connectivity index (χ2n) is 8.72. The van der Waals surface area contributed by atoms with Crippen LogP contribution in [0.1, 0.15) is 40.3 Å². The van der Waals surface area contributed by atoms with E-state index in [1.54, 1.807) is 18.4 Å². The number of thioether (sulfide) groups is 1. The average molecular weight is 495 g/mol. The van der Waals surface area contributed by atoms with Crippen LogP contribution in [0.25, 0.3) is 11.4 Å². The molecule has 0 bridgehead atoms. The molecule has 182 valence electrons. The van der Waals surface area contributed by atoms with E-state index in [0.717, 1.165) is 42.2 Å². The predicted molar refractivity (Wildman–Crippen MR) is 131 cm³/mol. The summed E-state index contributed by atoms with van der Waals surface area (Å²) in [5.74, 6) is 1.45. The number of hydrogen-bond donors (Lipinski definition) is 0. The number of furan rings is 1. The van der Waals surface area contributed by atoms with Gasteiger partial charge >= 0.3 is 0 Å². The predicted octanol–water partition coefficient (Wildman–Crippen LogP) is 5.30. The molecular formula is C26H27FN4O3S. The molecule has 0 radical (unpaired) electrons. The molecule has 1 aromatic carbocycles. The summed E-state index contributed by atoms with van der Waals surface area (Å²) in [6.45, 7) is 5.87. The van der Waals surface area contributed by atoms with Gasteiger partial charge in [-0.05, 0) is 69.2 Å². The summed E-state index contributed by atoms with van der Waals surface area (Å²) in [6.07, 6.45) is 3.71. The summed E-state index contributed by atoms with van der Waals surface area (Å²) in [5, 5.41) is 9.40. The molecule has 0 aliphatic carbocycles. The number of rotatable bonds is 9. The Labute approximate surface area is 207 Å². The topological polar surface area (TPSA) is 75.1 Å². The Morgan fingerprint density at radius 2 is 2.00 bits per heavy atom. The second kappa shape index (κ2) is 10.2. The van der Waals surface area contributed by atoms with Gasteiger partial charge in [-0.2, -0.15) is 0 Å². The molecule has 5 rings (SSSR count). The molecule has 1 aliphatic rings. The van der Waals surface area contributed by atoms with Crippen LogP contribution < -0.4 is 0 Å². The van der Waals surface area contributed by atoms with Gasteiger partial charge in [-0.25, -0.2) is 4.39 Å². The summed E-state index contributed by atoms with van der Waals surface area (Å²) in [7, 11) is 0. The first-order valence-electron chi connectivity index (χ1n) is 11.7. The van der Waals surface area contributed by atoms with Gasteiger partial charge < -0.3 is 13.7 Å². The van der Waals surface area contributed by atoms with Crippen molar-refractivity contribution >= 4 is 17.5 Å². The highest BCUT2D eigenvalue weighted by atomic mass is 32.2. The first-order chi connectivity index (χ1) is 17.0. The van der Waals surface area contributed by atoms with Gasteiger partial charge in [-0.3, -0.25) is 9.36 Å². The molecule has 0 N–H and O–H groups in total. The molecule has 0 spiro atoms. The zero-order valence-corrected chi connectivity index (χ0v) is 20.6. The SMILES string of the molecule is Cc1cc(C(=O)CSc2nnc(-c3ccc(F)cc3)n2CC2CCCO2)c(C)n1Cc1ccco1. The Balaban J connectivity index is 1.35. The van der Waals surface area contributed by atoms with E-state index in [1.165, 1.54) is 23.9 Å². The molecule has 0 amide bonds. The molecular weight excluding hydrogens is 467 g/mol. The average Bonchev–Trinajstić information content (AvgIpc) is 3.65. The van der Waals surface area contributed by atoms with Crippen LogP contribution in [0, 0.1) is 19.7 Å². The van der Waals surface area contributed by atoms with E-state index in [0.29, 0.717) is 29.6 Å². The third-order valence-electron chi connectivity index (χ3n) is 6.33. The minimum Gasteiger partial charge on any atom is -0.467 e. The van der Waals surface area contributed by atoms with E-state index in [2.05, 4.69) is 14.8 Å². The summed E-state index contributed by atoms with van der Waals surface area (Å²) < 4.78 is 28.9. The quantitative estimate of drug-likeness (QED) is 0.232. The van der Waals surface area contributed by atoms with Crippen molar-refractivity contribution in [1.82, 2.24) is 19.3 Å². The van der Waals surface area contributed by atoms with Gasteiger partial charge in [0, 0.05) is 29.1 Å². The van der Waals surface area contributed by atoms with Crippen LogP contribution >= 0.6 is 11.8 Å². The largest absolute Gasteiger partial charge is 0.467 e. The number of nitrogens with zero attached hydrogens (tertiary/aromatic N) is 4. The molecule has 1 aliphatic heterocycles. The number of aryl methyl sites for hydroxylation is 1. The van der Waals surface area contributed by atoms with Gasteiger partial charge in [-0.1, -0.05) is 11.8 Å². The van der Waals surface area contributed by atoms with Crippen LogP contribution in [0.5, 0.6) is 0 Å². The number of carbonyl (C=O) groups is 1. The molecule has 1 unspecified atom stereocenters. The van der Waals surface area contributed by atoms with Crippen molar-refractivity contribution in [2.45, 2.75) is 51.0 Å². The van der Waals surface area contributed by atoms with Gasteiger partial charge in [0.05, 0.1) is 31.2 Å². The zero-order chi connectivity index (χ0) is 24.4. The number of halogens is 1. The van der Waals surface area contributed by atoms with Crippen molar-refractivity contribution in [2.24, 2.45) is 0 Å². The standard InChI is InChI=1S/C26H27FN4O3S/c1-17-13-23(18(2)30(17)14-21-5-3-11-33-21)24(32)16-35-26-29-28-25(19-7-9-20(27)10-8-19)31(26)15-22-6-4-12-34-22/h3,5,7-11,13,22H,4,6,12,14-16H2,1-2H3. The first kappa shape index (κ1) is 23.6. The Hall–Kier alpha value is -3.17. The maximum atomic E-state index is 13.5. The number of aromatic nitrogens is 4. The van der Waals surface area contributed by atoms with Crippen LogP contribution in [0.2, 0.25) is 0 Å². The molecule has 35 heavy (non-hydrogen) atoms. The molecule has 1 atom stereocenters. The van der Waals surface area contributed by atoms with E-state index < -0.39 is 0 Å². The van der Waals surface area contributed by atoms with E-state index >= 15 is 0 Å². The Bertz CT molecular complexity index is 1310. The van der Waals surface area contributed by atoms with E-state index in [4.69, 9.17) is 9.15 Å². The highest BCUT2D eigenvalue weighted by molar-refractivity contribution is 7.99. The lowest BCUT2D eigenvalue weighted by atomic mass is 10.2. The number of ether oxygens (including phenoxy) is 1. The highest BCUT2D eigenvalue weighted by Gasteiger charge is 2.23. The van der Waals surface area contributed by atoms with Crippen molar-refractivity contribution < 1.29 is 18.3 Å². The molecule has 4 heterocycles. The summed E-state index contributed by atoms with van der Waals surface area (Å²) >= 11 is 1.36. The van der Waals surface area contributed by atoms with Crippen molar-refractivity contribution in [3.8, 4) is 11.4 Å². The number of benzene rings is 1. The van der Waals surface area contributed by atoms with Gasteiger partial charge in [-0.15, -0.1) is 10.2 Å². The molecule has 1 fully saturated rings. The van der Waals surface area contributed by atoms with Gasteiger partial charge in [0.15, 0.2) is 16.8 Å². The van der Waals surface area contributed by atoms with Gasteiger partial charge in [0.2, 0.25) is 0 Å². The van der Waals surface area contributed by atoms with Crippen LogP contribution in [-0.2, 0) is 17.8 Å². The Morgan fingerprint density at radius 3 is 2.71 bits per heavy atom. The maximum absolute atomic E-state index is 13.5. The van der Waals surface area contributed by atoms with Crippen LogP contribution in [0.4, 0.5) is 4.39 Å². The minimum atomic E-state index is -0.302. The van der Waals surface area contributed by atoms with E-state index in [-0.39, 0.29) is 23.5 Å². The monoisotopic (exact) mass is 494 g/mol. The first-order valence-corrected chi connectivity index (χ1v) is 12.6. The van der Waals surface area contributed by atoms with Crippen molar-refractivity contribution in [3.63, 3.8) is 0 Å². The molecule has 0 saturated carbocycles. The van der Waals surface area contributed by atoms with Crippen LogP contribution in [0.3, 0.4) is 0 Å². The number of Topliss-reactive ketones (excluding diaryl/α,β-unsaturated/α-hetero) is 1. The molecule has 7 nitrogen and oxygen atoms in total. The van der Waals surface area contributed by atoms with Gasteiger partial charge in [0.1, 0.15) is 11.6 Å². The lowest BCUT2D eigenvalue weighted by Crippen LogP contribution is -2.17. The van der Waals surface area contributed by atoms with Crippen molar-refractivity contribution in [3.05, 3.63) is 77.3 Å². The van der Waals surface area contributed by atoms with Crippen LogP contribution in [-0.4, -0.2) is 43.6 Å². The Kier molecular flexibility index (Phi) is 6.88. The van der Waals surface area contributed by atoms with Crippen molar-refractivity contribution in [2.75, 3.05) is 12.4 Å². The third kappa shape index (κ3) is 5.11. The minimum absolute atomic E-state index is 0.0313. The fourth-order valence-electron chi connectivity index (χ4n) is 4.46. The smallest absolute Gasteiger partial charge is 0.192 e. The van der Waals surface area contributed by atoms with Crippen LogP contribution in [0.15, 0.2) is 58.3 Å². The molecule has 9 heteroatoms. The normalized spacial score (nSPS) is 15.7. The third-order valence-corrected chi connectivity index (χ3v) is 7.30. The molecule has 1 saturated heterocycles. The maximum Gasteiger partial charge on any atom is 0.192 e. The van der Waals surface area contributed by atoms with E-state index in [1.807, 2.05) is 36.6 Å². The second-order valence-corrected chi connectivity index (χ2v) is 9.66. The zero-order valence-electron chi connectivity index (χ0n) is 19.7. The lowest BCUT2D eigenvalue weighted by molar-refractivity contribution is 0.0953. The summed E-state index contributed by atoms with van der Waals surface area (Å²) in [5.41, 5.74) is 3.40. The molecule has 3 aromatic heterocycles. The van der Waals surface area contributed by atoms with Crippen molar-refractivity contribution in [1.29, 1.82) is 0 Å². The number of ketones is 1. The summed E-state index contributed by atoms with van der Waals surface area (Å²) in [6, 6.07) is 11.9. The number of carbonyl (C=O) groups excluding carboxylic acids is 1. The molecule has 4 aromatic rings. The number of hydrogen-bond acceptors (Lipinski definition) is 6. The fourth-order valence-corrected chi connectivity index (χ4v) is 5.29. The fraction of sp³-hybridized carbons (Fsp3) is 0.346. The summed E-state index contributed by atoms with van der Waals surface area (Å²) in [4.78, 5) is 13.2. The van der Waals surface area contributed by atoms with E-state index in [9.17, 15) is 9.18 Å². The highest BCUT2D eigenvalue weighted by Crippen LogP contribution is 2.28. The Morgan fingerprint density at radius 1 is 1.17 bits per heavy atom.